The molecule has 3 aliphatic heterocycles. The maximum absolute atomic E-state index is 14.7. The molecule has 7 fully saturated rings. The van der Waals surface area contributed by atoms with Gasteiger partial charge in [-0.05, 0) is 72.3 Å². The Morgan fingerprint density at radius 1 is 0.885 bits per heavy atom. The maximum atomic E-state index is 14.7. The van der Waals surface area contributed by atoms with Gasteiger partial charge in [0.2, 0.25) is 11.6 Å². The zero-order valence-corrected chi connectivity index (χ0v) is 30.5. The Balaban J connectivity index is 1.48. The summed E-state index contributed by atoms with van der Waals surface area (Å²) in [5, 5.41) is 49.3. The third-order valence-corrected chi connectivity index (χ3v) is 14.8. The molecule has 3 saturated heterocycles. The zero-order valence-electron chi connectivity index (χ0n) is 30.5. The molecule has 0 amide bonds. The molecular weight excluding hydrogens is 684 g/mol. The van der Waals surface area contributed by atoms with Crippen LogP contribution in [0.4, 0.5) is 0 Å². The van der Waals surface area contributed by atoms with Crippen LogP contribution in [0.2, 0.25) is 0 Å². The van der Waals surface area contributed by atoms with Crippen molar-refractivity contribution in [1.29, 1.82) is 0 Å². The van der Waals surface area contributed by atoms with Crippen molar-refractivity contribution < 1.29 is 72.9 Å². The Kier molecular flexibility index (Phi) is 6.94. The summed E-state index contributed by atoms with van der Waals surface area (Å²) < 4.78 is 30.0. The molecule has 0 aromatic rings. The van der Waals surface area contributed by atoms with Crippen LogP contribution in [-0.2, 0) is 52.5 Å². The minimum Gasteiger partial charge on any atom is -0.504 e. The van der Waals surface area contributed by atoms with Gasteiger partial charge in [0.05, 0.1) is 33.9 Å². The number of hydrogen-bond acceptors (Lipinski definition) is 15. The Morgan fingerprint density at radius 3 is 2.04 bits per heavy atom. The topological polar surface area (TPSA) is 236 Å². The van der Waals surface area contributed by atoms with E-state index in [1.807, 2.05) is 0 Å². The summed E-state index contributed by atoms with van der Waals surface area (Å²) in [6, 6.07) is 0. The highest BCUT2D eigenvalue weighted by molar-refractivity contribution is 6.04. The first-order chi connectivity index (χ1) is 23.9. The SMILES string of the molecule is CC(=O)O[C@H]1[C@H]2C(=C(O)C(=O)[C@H]3C[C@@H]4O[C@@H]4[C@H](O)[C@@]32C(C)=O)[C@@H]2[C@@H](OC(=O)C(C)(C)C)[C@@H]3[C@H]([C@H](C)[C@H]4O[C@]45OC(=O)[C@@](C)(O)[C@]35C)[C@@]2(C(C)=O)[C@H]1O. The predicted molar refractivity (Wildman–Crippen MR) is 170 cm³/mol. The third-order valence-electron chi connectivity index (χ3n) is 14.8. The number of aliphatic hydroxyl groups excluding tert-OH is 3. The van der Waals surface area contributed by atoms with Crippen molar-refractivity contribution in [2.45, 2.75) is 123 Å². The molecular formula is C37H46O15. The average Bonchev–Trinajstić information content (AvgIpc) is 3.94. The number of epoxide rings is 2. The molecule has 18 atom stereocenters. The van der Waals surface area contributed by atoms with E-state index in [9.17, 15) is 49.2 Å². The van der Waals surface area contributed by atoms with Crippen molar-refractivity contribution in [2.24, 2.45) is 57.2 Å². The van der Waals surface area contributed by atoms with E-state index < -0.39 is 152 Å². The minimum absolute atomic E-state index is 0.0635. The third kappa shape index (κ3) is 3.61. The molecule has 0 aromatic heterocycles. The second-order valence-electron chi connectivity index (χ2n) is 17.9. The second kappa shape index (κ2) is 10.1. The standard InChI is InChI=1S/C37H46O15/c1-11-18-21(33(8)34(9,47)31(46)52-37(33)29(11)51-37)25(50-30(45)32(5,6)7)19-17-20(26(48-14(4)40)28(44)36(18,19)13(3)39)35(12(2)38)15(22(41)23(17)42)10-16-24(49-16)27(35)43/h11,15-16,18-21,24-29,42-44,47H,10H2,1-9H3/t11-,15+,16-,18-,19+,20+,21-,24-,25+,26-,27-,28-,29+,33-,34+,35-,36+,37-/m0/s1. The van der Waals surface area contributed by atoms with Gasteiger partial charge < -0.3 is 44.1 Å². The van der Waals surface area contributed by atoms with Crippen molar-refractivity contribution in [1.82, 2.24) is 0 Å². The van der Waals surface area contributed by atoms with Gasteiger partial charge in [0.1, 0.15) is 42.1 Å². The van der Waals surface area contributed by atoms with E-state index in [4.69, 9.17) is 23.7 Å². The van der Waals surface area contributed by atoms with Crippen molar-refractivity contribution in [3.05, 3.63) is 11.3 Å². The molecule has 3 heterocycles. The number of hydrogen-bond donors (Lipinski definition) is 4. The van der Waals surface area contributed by atoms with Crippen molar-refractivity contribution in [2.75, 3.05) is 0 Å². The fraction of sp³-hybridized carbons (Fsp3) is 0.784. The zero-order chi connectivity index (χ0) is 38.4. The lowest BCUT2D eigenvalue weighted by Crippen LogP contribution is -2.72. The van der Waals surface area contributed by atoms with E-state index >= 15 is 0 Å². The minimum atomic E-state index is -2.31. The fourth-order valence-corrected chi connectivity index (χ4v) is 12.5. The summed E-state index contributed by atoms with van der Waals surface area (Å²) >= 11 is 0. The Hall–Kier alpha value is -3.24. The molecule has 0 unspecified atom stereocenters. The van der Waals surface area contributed by atoms with Gasteiger partial charge >= 0.3 is 17.9 Å². The van der Waals surface area contributed by atoms with E-state index in [1.54, 1.807) is 27.7 Å². The smallest absolute Gasteiger partial charge is 0.341 e. The van der Waals surface area contributed by atoms with Gasteiger partial charge in [0, 0.05) is 30.6 Å². The molecule has 284 valence electrons. The number of carbonyl (C=O) groups excluding carboxylic acids is 6. The molecule has 8 rings (SSSR count). The molecule has 0 bridgehead atoms. The van der Waals surface area contributed by atoms with E-state index in [-0.39, 0.29) is 12.0 Å². The van der Waals surface area contributed by atoms with Gasteiger partial charge in [-0.15, -0.1) is 0 Å². The highest BCUT2D eigenvalue weighted by atomic mass is 16.8. The number of esters is 3. The van der Waals surface area contributed by atoms with Gasteiger partial charge in [0.25, 0.3) is 0 Å². The lowest BCUT2D eigenvalue weighted by atomic mass is 9.42. The number of fused-ring (bicyclic) bond motifs is 9. The first-order valence-corrected chi connectivity index (χ1v) is 18.0. The Bertz CT molecular complexity index is 1790. The quantitative estimate of drug-likeness (QED) is 0.175. The maximum Gasteiger partial charge on any atom is 0.341 e. The van der Waals surface area contributed by atoms with Crippen LogP contribution in [-0.4, -0.2) is 110 Å². The molecule has 15 heteroatoms. The van der Waals surface area contributed by atoms with Crippen LogP contribution in [0.5, 0.6) is 0 Å². The van der Waals surface area contributed by atoms with E-state index in [2.05, 4.69) is 0 Å². The lowest BCUT2D eigenvalue weighted by molar-refractivity contribution is -0.216. The van der Waals surface area contributed by atoms with Crippen molar-refractivity contribution >= 4 is 35.3 Å². The molecule has 15 nitrogen and oxygen atoms in total. The first-order valence-electron chi connectivity index (χ1n) is 18.0. The molecule has 0 aromatic carbocycles. The van der Waals surface area contributed by atoms with Crippen LogP contribution < -0.4 is 0 Å². The van der Waals surface area contributed by atoms with Gasteiger partial charge in [-0.25, -0.2) is 4.79 Å². The number of ketones is 3. The highest BCUT2D eigenvalue weighted by Crippen LogP contribution is 2.81. The van der Waals surface area contributed by atoms with Crippen molar-refractivity contribution in [3.63, 3.8) is 0 Å². The molecule has 1 spiro atoms. The molecule has 4 saturated carbocycles. The number of carbonyl (C=O) groups is 6. The molecule has 0 radical (unpaired) electrons. The monoisotopic (exact) mass is 730 g/mol. The predicted octanol–water partition coefficient (Wildman–Crippen LogP) is 0.482. The normalized spacial score (nSPS) is 53.5. The number of rotatable bonds is 4. The number of aliphatic hydroxyl groups is 4. The second-order valence-corrected chi connectivity index (χ2v) is 17.9. The van der Waals surface area contributed by atoms with Gasteiger partial charge in [0.15, 0.2) is 11.4 Å². The van der Waals surface area contributed by atoms with Crippen LogP contribution in [0, 0.1) is 57.2 Å². The largest absolute Gasteiger partial charge is 0.504 e. The summed E-state index contributed by atoms with van der Waals surface area (Å²) in [5.41, 5.74) is -9.82. The number of allylic oxidation sites excluding steroid dienone is 1. The van der Waals surface area contributed by atoms with Crippen LogP contribution in [0.1, 0.15) is 68.7 Å². The van der Waals surface area contributed by atoms with E-state index in [1.165, 1.54) is 20.8 Å². The van der Waals surface area contributed by atoms with Crippen LogP contribution in [0.15, 0.2) is 11.3 Å². The number of ether oxygens (including phenoxy) is 5. The highest BCUT2D eigenvalue weighted by Gasteiger charge is 2.94. The van der Waals surface area contributed by atoms with Crippen LogP contribution in [0.25, 0.3) is 0 Å². The summed E-state index contributed by atoms with van der Waals surface area (Å²) in [6.07, 6.45) is -9.49. The fourth-order valence-electron chi connectivity index (χ4n) is 12.5. The molecule has 8 aliphatic rings. The summed E-state index contributed by atoms with van der Waals surface area (Å²) in [4.78, 5) is 84.0. The van der Waals surface area contributed by atoms with E-state index in [0.717, 1.165) is 13.8 Å². The molecule has 52 heavy (non-hydrogen) atoms. The van der Waals surface area contributed by atoms with Gasteiger partial charge in [-0.3, -0.25) is 24.0 Å². The van der Waals surface area contributed by atoms with Crippen LogP contribution in [0.3, 0.4) is 0 Å². The lowest BCUT2D eigenvalue weighted by Gasteiger charge is -2.61. The van der Waals surface area contributed by atoms with Crippen LogP contribution >= 0.6 is 0 Å². The summed E-state index contributed by atoms with van der Waals surface area (Å²) in [7, 11) is 0. The number of Topliss-reactive ketones (excluding diaryl/α,β-unsaturated/α-hetero) is 3. The van der Waals surface area contributed by atoms with Crippen molar-refractivity contribution in [3.8, 4) is 0 Å². The molecule has 4 N–H and O–H groups in total. The Morgan fingerprint density at radius 2 is 1.48 bits per heavy atom. The summed E-state index contributed by atoms with van der Waals surface area (Å²) in [6.45, 7) is 12.6. The average molecular weight is 731 g/mol. The van der Waals surface area contributed by atoms with E-state index in [0.29, 0.717) is 0 Å². The van der Waals surface area contributed by atoms with Gasteiger partial charge in [-0.2, -0.15) is 0 Å². The molecule has 5 aliphatic carbocycles. The Labute approximate surface area is 299 Å². The first kappa shape index (κ1) is 35.8. The summed E-state index contributed by atoms with van der Waals surface area (Å²) in [5.74, 6) is -15.4. The van der Waals surface area contributed by atoms with Gasteiger partial charge in [-0.1, -0.05) is 6.92 Å².